The van der Waals surface area contributed by atoms with Crippen LogP contribution < -0.4 is 5.32 Å². The van der Waals surface area contributed by atoms with E-state index < -0.39 is 0 Å². The van der Waals surface area contributed by atoms with Gasteiger partial charge in [-0.2, -0.15) is 0 Å². The van der Waals surface area contributed by atoms with Crippen LogP contribution in [0.3, 0.4) is 0 Å². The summed E-state index contributed by atoms with van der Waals surface area (Å²) in [6.45, 7) is 4.64. The highest BCUT2D eigenvalue weighted by Gasteiger charge is 2.26. The van der Waals surface area contributed by atoms with Crippen LogP contribution in [0.4, 0.5) is 0 Å². The maximum atomic E-state index is 3.51. The number of rotatable bonds is 3. The number of nitrogens with one attached hydrogen (secondary N) is 1. The maximum Gasteiger partial charge on any atom is 0.00234 e. The number of benzene rings is 1. The van der Waals surface area contributed by atoms with Gasteiger partial charge in [-0.15, -0.1) is 0 Å². The Balaban J connectivity index is 2.10. The molecule has 76 valence electrons. The van der Waals surface area contributed by atoms with E-state index >= 15 is 0 Å². The quantitative estimate of drug-likeness (QED) is 0.771. The molecule has 0 radical (unpaired) electrons. The zero-order chi connectivity index (χ0) is 9.80. The summed E-state index contributed by atoms with van der Waals surface area (Å²) in [4.78, 5) is 0. The molecule has 1 nitrogen and oxygen atoms in total. The molecule has 1 unspecified atom stereocenters. The lowest BCUT2D eigenvalue weighted by Gasteiger charge is -2.17. The van der Waals surface area contributed by atoms with E-state index in [-0.39, 0.29) is 0 Å². The Morgan fingerprint density at radius 2 is 2.00 bits per heavy atom. The fourth-order valence-electron chi connectivity index (χ4n) is 2.50. The van der Waals surface area contributed by atoms with Gasteiger partial charge in [-0.3, -0.25) is 0 Å². The third kappa shape index (κ3) is 1.98. The van der Waals surface area contributed by atoms with Crippen molar-refractivity contribution in [2.75, 3.05) is 13.1 Å². The summed E-state index contributed by atoms with van der Waals surface area (Å²) in [5.41, 5.74) is 1.51. The van der Waals surface area contributed by atoms with E-state index in [2.05, 4.69) is 42.6 Å². The molecule has 0 aromatic heterocycles. The van der Waals surface area contributed by atoms with E-state index in [9.17, 15) is 0 Å². The molecule has 14 heavy (non-hydrogen) atoms. The average molecular weight is 189 g/mol. The summed E-state index contributed by atoms with van der Waals surface area (Å²) in [7, 11) is 0. The van der Waals surface area contributed by atoms with E-state index in [0.29, 0.717) is 0 Å². The Bertz CT molecular complexity index is 268. The van der Waals surface area contributed by atoms with Crippen molar-refractivity contribution < 1.29 is 0 Å². The molecule has 1 heterocycles. The molecule has 2 rings (SSSR count). The lowest BCUT2D eigenvalue weighted by Crippen LogP contribution is -2.10. The van der Waals surface area contributed by atoms with E-state index in [4.69, 9.17) is 0 Å². The molecule has 1 aliphatic rings. The normalized spacial score (nSPS) is 26.6. The zero-order valence-electron chi connectivity index (χ0n) is 8.87. The van der Waals surface area contributed by atoms with Gasteiger partial charge in [-0.25, -0.2) is 0 Å². The molecular weight excluding hydrogens is 170 g/mol. The van der Waals surface area contributed by atoms with Crippen molar-refractivity contribution >= 4 is 0 Å². The molecule has 1 aliphatic heterocycles. The number of hydrogen-bond acceptors (Lipinski definition) is 1. The van der Waals surface area contributed by atoms with Crippen LogP contribution in [-0.2, 0) is 0 Å². The van der Waals surface area contributed by atoms with Gasteiger partial charge in [0, 0.05) is 12.5 Å². The molecule has 0 spiro atoms. The minimum Gasteiger partial charge on any atom is -0.316 e. The largest absolute Gasteiger partial charge is 0.316 e. The molecule has 2 atom stereocenters. The SMILES string of the molecule is CCC[C@H]1CNCC1c1ccccc1. The second-order valence-electron chi connectivity index (χ2n) is 4.22. The lowest BCUT2D eigenvalue weighted by atomic mass is 9.86. The van der Waals surface area contributed by atoms with Gasteiger partial charge in [0.2, 0.25) is 0 Å². The van der Waals surface area contributed by atoms with Crippen LogP contribution in [0.25, 0.3) is 0 Å². The Kier molecular flexibility index (Phi) is 3.20. The second kappa shape index (κ2) is 4.61. The van der Waals surface area contributed by atoms with Crippen molar-refractivity contribution in [2.24, 2.45) is 5.92 Å². The van der Waals surface area contributed by atoms with E-state index in [0.717, 1.165) is 18.4 Å². The first kappa shape index (κ1) is 9.72. The Labute approximate surface area is 86.5 Å². The van der Waals surface area contributed by atoms with Crippen LogP contribution in [-0.4, -0.2) is 13.1 Å². The molecule has 0 saturated carbocycles. The van der Waals surface area contributed by atoms with Crippen LogP contribution in [0, 0.1) is 5.92 Å². The minimum absolute atomic E-state index is 0.746. The zero-order valence-corrected chi connectivity index (χ0v) is 8.87. The third-order valence-electron chi connectivity index (χ3n) is 3.23. The molecular formula is C13H19N. The summed E-state index contributed by atoms with van der Waals surface area (Å²) >= 11 is 0. The summed E-state index contributed by atoms with van der Waals surface area (Å²) in [6, 6.07) is 10.9. The van der Waals surface area contributed by atoms with Crippen LogP contribution in [0.15, 0.2) is 30.3 Å². The standard InChI is InChI=1S/C13H19N/c1-2-6-12-9-14-10-13(12)11-7-4-3-5-8-11/h3-5,7-8,12-14H,2,6,9-10H2,1H3/t12-,13?/m0/s1. The molecule has 0 amide bonds. The fourth-order valence-corrected chi connectivity index (χ4v) is 2.50. The van der Waals surface area contributed by atoms with Crippen LogP contribution in [0.1, 0.15) is 31.2 Å². The van der Waals surface area contributed by atoms with Gasteiger partial charge >= 0.3 is 0 Å². The van der Waals surface area contributed by atoms with Crippen molar-refractivity contribution in [1.82, 2.24) is 5.32 Å². The Morgan fingerprint density at radius 3 is 2.71 bits per heavy atom. The fraction of sp³-hybridized carbons (Fsp3) is 0.538. The van der Waals surface area contributed by atoms with Gasteiger partial charge in [0.05, 0.1) is 0 Å². The van der Waals surface area contributed by atoms with E-state index in [1.165, 1.54) is 24.9 Å². The summed E-state index contributed by atoms with van der Waals surface area (Å²) in [5.74, 6) is 1.60. The van der Waals surface area contributed by atoms with Gasteiger partial charge in [0.15, 0.2) is 0 Å². The first-order chi connectivity index (χ1) is 6.92. The maximum absolute atomic E-state index is 3.51. The predicted molar refractivity (Wildman–Crippen MR) is 60.5 cm³/mol. The van der Waals surface area contributed by atoms with Crippen molar-refractivity contribution in [1.29, 1.82) is 0 Å². The molecule has 0 bridgehead atoms. The highest BCUT2D eigenvalue weighted by molar-refractivity contribution is 5.22. The molecule has 1 N–H and O–H groups in total. The highest BCUT2D eigenvalue weighted by Crippen LogP contribution is 2.30. The molecule has 1 aromatic carbocycles. The van der Waals surface area contributed by atoms with Gasteiger partial charge in [0.1, 0.15) is 0 Å². The van der Waals surface area contributed by atoms with Gasteiger partial charge in [-0.1, -0.05) is 43.7 Å². The van der Waals surface area contributed by atoms with Crippen molar-refractivity contribution in [3.05, 3.63) is 35.9 Å². The summed E-state index contributed by atoms with van der Waals surface area (Å²) < 4.78 is 0. The molecule has 0 aliphatic carbocycles. The molecule has 1 heteroatoms. The van der Waals surface area contributed by atoms with Gasteiger partial charge < -0.3 is 5.32 Å². The van der Waals surface area contributed by atoms with E-state index in [1.54, 1.807) is 0 Å². The molecule has 1 aromatic rings. The van der Waals surface area contributed by atoms with Crippen LogP contribution in [0.5, 0.6) is 0 Å². The topological polar surface area (TPSA) is 12.0 Å². The van der Waals surface area contributed by atoms with Crippen LogP contribution in [0.2, 0.25) is 0 Å². The first-order valence-electron chi connectivity index (χ1n) is 5.67. The summed E-state index contributed by atoms with van der Waals surface area (Å²) in [6.07, 6.45) is 2.66. The van der Waals surface area contributed by atoms with Crippen LogP contribution >= 0.6 is 0 Å². The lowest BCUT2D eigenvalue weighted by molar-refractivity contribution is 0.474. The smallest absolute Gasteiger partial charge is 0.00234 e. The number of hydrogen-bond donors (Lipinski definition) is 1. The monoisotopic (exact) mass is 189 g/mol. The van der Waals surface area contributed by atoms with Crippen molar-refractivity contribution in [3.8, 4) is 0 Å². The second-order valence-corrected chi connectivity index (χ2v) is 4.22. The minimum atomic E-state index is 0.746. The van der Waals surface area contributed by atoms with Crippen molar-refractivity contribution in [3.63, 3.8) is 0 Å². The molecule has 1 fully saturated rings. The summed E-state index contributed by atoms with van der Waals surface area (Å²) in [5, 5.41) is 3.51. The first-order valence-corrected chi connectivity index (χ1v) is 5.67. The van der Waals surface area contributed by atoms with Crippen molar-refractivity contribution in [2.45, 2.75) is 25.7 Å². The predicted octanol–water partition coefficient (Wildman–Crippen LogP) is 2.79. The Morgan fingerprint density at radius 1 is 1.21 bits per heavy atom. The van der Waals surface area contributed by atoms with E-state index in [1.807, 2.05) is 0 Å². The van der Waals surface area contributed by atoms with Gasteiger partial charge in [0.25, 0.3) is 0 Å². The highest BCUT2D eigenvalue weighted by atomic mass is 14.9. The third-order valence-corrected chi connectivity index (χ3v) is 3.23. The Hall–Kier alpha value is -0.820. The average Bonchev–Trinajstić information content (AvgIpc) is 2.68. The molecule has 1 saturated heterocycles. The van der Waals surface area contributed by atoms with Gasteiger partial charge in [-0.05, 0) is 24.4 Å².